The quantitative estimate of drug-likeness (QED) is 0.461. The lowest BCUT2D eigenvalue weighted by Crippen LogP contribution is -2.15. The second-order valence-electron chi connectivity index (χ2n) is 5.50. The van der Waals surface area contributed by atoms with Gasteiger partial charge in [0.25, 0.3) is 0 Å². The number of aromatic nitrogens is 4. The van der Waals surface area contributed by atoms with Crippen molar-refractivity contribution in [1.29, 1.82) is 0 Å². The second kappa shape index (κ2) is 7.96. The summed E-state index contributed by atoms with van der Waals surface area (Å²) in [5, 5.41) is 15.2. The lowest BCUT2D eigenvalue weighted by molar-refractivity contribution is -0.113. The number of carbonyl (C=O) groups is 1. The van der Waals surface area contributed by atoms with Gasteiger partial charge in [-0.2, -0.15) is 4.68 Å². The molecule has 0 radical (unpaired) electrons. The molecule has 2 aromatic carbocycles. The maximum Gasteiger partial charge on any atom is 0.234 e. The predicted molar refractivity (Wildman–Crippen MR) is 107 cm³/mol. The lowest BCUT2D eigenvalue weighted by Gasteiger charge is -2.08. The molecule has 1 heterocycles. The average molecular weight is 465 g/mol. The second-order valence-corrected chi connectivity index (χ2v) is 7.69. The third-order valence-corrected chi connectivity index (χ3v) is 5.10. The molecule has 0 saturated carbocycles. The zero-order valence-electron chi connectivity index (χ0n) is 13.7. The third kappa shape index (κ3) is 4.57. The number of benzene rings is 2. The Morgan fingerprint density at radius 3 is 2.68 bits per heavy atom. The summed E-state index contributed by atoms with van der Waals surface area (Å²) >= 11 is 3.55. The molecule has 3 rings (SSSR count). The predicted octanol–water partition coefficient (Wildman–Crippen LogP) is 3.61. The van der Waals surface area contributed by atoms with Crippen LogP contribution >= 0.6 is 34.4 Å². The zero-order chi connectivity index (χ0) is 17.8. The molecule has 0 aliphatic rings. The van der Waals surface area contributed by atoms with Gasteiger partial charge < -0.3 is 5.32 Å². The van der Waals surface area contributed by atoms with Crippen molar-refractivity contribution in [1.82, 2.24) is 20.2 Å². The van der Waals surface area contributed by atoms with E-state index in [4.69, 9.17) is 0 Å². The van der Waals surface area contributed by atoms with Crippen molar-refractivity contribution in [3.8, 4) is 5.69 Å². The Hall–Kier alpha value is -1.94. The van der Waals surface area contributed by atoms with E-state index >= 15 is 0 Å². The molecule has 0 saturated heterocycles. The number of anilines is 1. The molecule has 0 spiro atoms. The fourth-order valence-electron chi connectivity index (χ4n) is 2.20. The topological polar surface area (TPSA) is 72.7 Å². The maximum absolute atomic E-state index is 12.2. The Morgan fingerprint density at radius 1 is 1.20 bits per heavy atom. The SMILES string of the molecule is Cc1ccc(-n2nnnc2SCC(=O)Nc2ccc(I)cc2C)cc1. The van der Waals surface area contributed by atoms with Crippen molar-refractivity contribution in [3.63, 3.8) is 0 Å². The summed E-state index contributed by atoms with van der Waals surface area (Å²) in [5.74, 6) is 0.144. The molecule has 0 aliphatic carbocycles. The minimum Gasteiger partial charge on any atom is -0.325 e. The van der Waals surface area contributed by atoms with Crippen LogP contribution in [0.5, 0.6) is 0 Å². The van der Waals surface area contributed by atoms with Crippen molar-refractivity contribution in [2.75, 3.05) is 11.1 Å². The van der Waals surface area contributed by atoms with Crippen LogP contribution in [0.15, 0.2) is 47.6 Å². The maximum atomic E-state index is 12.2. The van der Waals surface area contributed by atoms with Gasteiger partial charge in [0.1, 0.15) is 0 Å². The normalized spacial score (nSPS) is 10.7. The van der Waals surface area contributed by atoms with Gasteiger partial charge in [0.05, 0.1) is 11.4 Å². The number of carbonyl (C=O) groups excluding carboxylic acids is 1. The van der Waals surface area contributed by atoms with Crippen molar-refractivity contribution in [2.45, 2.75) is 19.0 Å². The average Bonchev–Trinajstić information content (AvgIpc) is 3.05. The van der Waals surface area contributed by atoms with Crippen molar-refractivity contribution < 1.29 is 4.79 Å². The van der Waals surface area contributed by atoms with Gasteiger partial charge in [-0.3, -0.25) is 4.79 Å². The molecule has 8 heteroatoms. The van der Waals surface area contributed by atoms with E-state index in [1.807, 2.05) is 56.3 Å². The van der Waals surface area contributed by atoms with Gasteiger partial charge in [0.15, 0.2) is 0 Å². The number of nitrogens with zero attached hydrogens (tertiary/aromatic N) is 4. The summed E-state index contributed by atoms with van der Waals surface area (Å²) in [6, 6.07) is 13.8. The highest BCUT2D eigenvalue weighted by atomic mass is 127. The minimum atomic E-state index is -0.0900. The van der Waals surface area contributed by atoms with Crippen LogP contribution in [0.1, 0.15) is 11.1 Å². The Balaban J connectivity index is 1.65. The first-order valence-corrected chi connectivity index (χ1v) is 9.63. The van der Waals surface area contributed by atoms with Crippen LogP contribution in [0, 0.1) is 17.4 Å². The molecular formula is C17H16IN5OS. The number of thioether (sulfide) groups is 1. The monoisotopic (exact) mass is 465 g/mol. The standard InChI is InChI=1S/C17H16IN5OS/c1-11-3-6-14(7-4-11)23-17(20-21-22-23)25-10-16(24)19-15-8-5-13(18)9-12(15)2/h3-9H,10H2,1-2H3,(H,19,24). The van der Waals surface area contributed by atoms with Crippen LogP contribution in [-0.4, -0.2) is 31.9 Å². The highest BCUT2D eigenvalue weighted by Gasteiger charge is 2.12. The zero-order valence-corrected chi connectivity index (χ0v) is 16.7. The minimum absolute atomic E-state index is 0.0900. The Bertz CT molecular complexity index is 894. The number of halogens is 1. The Morgan fingerprint density at radius 2 is 1.96 bits per heavy atom. The highest BCUT2D eigenvalue weighted by molar-refractivity contribution is 14.1. The first-order valence-electron chi connectivity index (χ1n) is 7.57. The molecular weight excluding hydrogens is 449 g/mol. The number of hydrogen-bond acceptors (Lipinski definition) is 5. The van der Waals surface area contributed by atoms with Crippen molar-refractivity contribution >= 4 is 45.9 Å². The molecule has 1 amide bonds. The van der Waals surface area contributed by atoms with Gasteiger partial charge in [-0.15, -0.1) is 5.10 Å². The van der Waals surface area contributed by atoms with Crippen LogP contribution in [0.2, 0.25) is 0 Å². The van der Waals surface area contributed by atoms with E-state index in [2.05, 4.69) is 43.4 Å². The number of hydrogen-bond donors (Lipinski definition) is 1. The molecule has 1 N–H and O–H groups in total. The van der Waals surface area contributed by atoms with Gasteiger partial charge >= 0.3 is 0 Å². The molecule has 0 atom stereocenters. The van der Waals surface area contributed by atoms with Gasteiger partial charge in [-0.05, 0) is 82.8 Å². The largest absolute Gasteiger partial charge is 0.325 e. The highest BCUT2D eigenvalue weighted by Crippen LogP contribution is 2.21. The van der Waals surface area contributed by atoms with Gasteiger partial charge in [-0.25, -0.2) is 0 Å². The summed E-state index contributed by atoms with van der Waals surface area (Å²) in [5.41, 5.74) is 3.89. The number of amides is 1. The van der Waals surface area contributed by atoms with E-state index in [0.717, 1.165) is 20.5 Å². The summed E-state index contributed by atoms with van der Waals surface area (Å²) in [6.07, 6.45) is 0. The lowest BCUT2D eigenvalue weighted by atomic mass is 10.2. The van der Waals surface area contributed by atoms with Gasteiger partial charge in [-0.1, -0.05) is 29.5 Å². The molecule has 128 valence electrons. The number of tetrazole rings is 1. The van der Waals surface area contributed by atoms with Crippen LogP contribution in [-0.2, 0) is 4.79 Å². The fraction of sp³-hybridized carbons (Fsp3) is 0.176. The fourth-order valence-corrected chi connectivity index (χ4v) is 3.54. The molecule has 0 fully saturated rings. The molecule has 6 nitrogen and oxygen atoms in total. The number of rotatable bonds is 5. The van der Waals surface area contributed by atoms with E-state index in [0.29, 0.717) is 5.16 Å². The van der Waals surface area contributed by atoms with Crippen molar-refractivity contribution in [2.24, 2.45) is 0 Å². The van der Waals surface area contributed by atoms with Gasteiger partial charge in [0.2, 0.25) is 11.1 Å². The summed E-state index contributed by atoms with van der Waals surface area (Å²) in [6.45, 7) is 4.00. The third-order valence-electron chi connectivity index (χ3n) is 3.51. The molecule has 3 aromatic rings. The number of aryl methyl sites for hydroxylation is 2. The summed E-state index contributed by atoms with van der Waals surface area (Å²) in [7, 11) is 0. The van der Waals surface area contributed by atoms with Crippen molar-refractivity contribution in [3.05, 3.63) is 57.2 Å². The molecule has 1 aromatic heterocycles. The van der Waals surface area contributed by atoms with Crippen LogP contribution < -0.4 is 5.32 Å². The first kappa shape index (κ1) is 17.9. The van der Waals surface area contributed by atoms with Crippen LogP contribution in [0.3, 0.4) is 0 Å². The van der Waals surface area contributed by atoms with E-state index in [9.17, 15) is 4.79 Å². The van der Waals surface area contributed by atoms with Gasteiger partial charge in [0, 0.05) is 9.26 Å². The smallest absolute Gasteiger partial charge is 0.234 e. The summed E-state index contributed by atoms with van der Waals surface area (Å²) < 4.78 is 2.77. The number of nitrogens with one attached hydrogen (secondary N) is 1. The Labute approximate surface area is 163 Å². The summed E-state index contributed by atoms with van der Waals surface area (Å²) in [4.78, 5) is 12.2. The van der Waals surface area contributed by atoms with E-state index in [1.54, 1.807) is 4.68 Å². The van der Waals surface area contributed by atoms with Crippen LogP contribution in [0.25, 0.3) is 5.69 Å². The Kier molecular flexibility index (Phi) is 5.69. The molecule has 25 heavy (non-hydrogen) atoms. The van der Waals surface area contributed by atoms with E-state index in [-0.39, 0.29) is 11.7 Å². The van der Waals surface area contributed by atoms with E-state index < -0.39 is 0 Å². The molecule has 0 bridgehead atoms. The van der Waals surface area contributed by atoms with Crippen LogP contribution in [0.4, 0.5) is 5.69 Å². The first-order chi connectivity index (χ1) is 12.0. The molecule has 0 unspecified atom stereocenters. The molecule has 0 aliphatic heterocycles. The van der Waals surface area contributed by atoms with E-state index in [1.165, 1.54) is 17.3 Å².